The average molecular weight is 319 g/mol. The number of nitrogens with one attached hydrogen (secondary N) is 1. The maximum absolute atomic E-state index is 13.0. The molecular formula is C19H17N3O2. The van der Waals surface area contributed by atoms with Crippen LogP contribution in [0.1, 0.15) is 30.4 Å². The number of carbonyl (C=O) groups is 1. The molecule has 2 heterocycles. The summed E-state index contributed by atoms with van der Waals surface area (Å²) in [5.74, 6) is 0.470. The van der Waals surface area contributed by atoms with Gasteiger partial charge >= 0.3 is 0 Å². The number of rotatable bonds is 2. The van der Waals surface area contributed by atoms with Crippen molar-refractivity contribution < 1.29 is 4.79 Å². The fraction of sp³-hybridized carbons (Fsp3) is 0.211. The molecule has 0 saturated carbocycles. The lowest BCUT2D eigenvalue weighted by Gasteiger charge is -2.31. The average Bonchev–Trinajstić information content (AvgIpc) is 2.60. The number of benzene rings is 2. The van der Waals surface area contributed by atoms with E-state index in [1.165, 1.54) is 0 Å². The molecule has 2 aromatic carbocycles. The summed E-state index contributed by atoms with van der Waals surface area (Å²) in [4.78, 5) is 30.2. The standard InChI is InChI=1S/C19H17N3O2/c1-12-17-21-15-10-6-5-9-14(15)19(24)22(17)16(18(23)20-12)11-13-7-3-2-4-8-13/h2-10,12,16H,11H2,1H3,(H,20,23)/t12-,16+/m1/s1. The van der Waals surface area contributed by atoms with Crippen molar-refractivity contribution in [3.05, 3.63) is 76.3 Å². The fourth-order valence-corrected chi connectivity index (χ4v) is 3.28. The van der Waals surface area contributed by atoms with Crippen LogP contribution in [0, 0.1) is 0 Å². The van der Waals surface area contributed by atoms with E-state index in [4.69, 9.17) is 0 Å². The van der Waals surface area contributed by atoms with Gasteiger partial charge in [0.2, 0.25) is 5.91 Å². The molecule has 0 unspecified atom stereocenters. The van der Waals surface area contributed by atoms with E-state index in [2.05, 4.69) is 10.3 Å². The minimum atomic E-state index is -0.580. The second-order valence-electron chi connectivity index (χ2n) is 6.10. The third-order valence-corrected chi connectivity index (χ3v) is 4.47. The van der Waals surface area contributed by atoms with Gasteiger partial charge in [0, 0.05) is 6.42 Å². The van der Waals surface area contributed by atoms with Crippen molar-refractivity contribution in [2.45, 2.75) is 25.4 Å². The number of hydrogen-bond acceptors (Lipinski definition) is 3. The highest BCUT2D eigenvalue weighted by atomic mass is 16.2. The normalized spacial score (nSPS) is 19.8. The molecule has 4 rings (SSSR count). The Balaban J connectivity index is 1.92. The summed E-state index contributed by atoms with van der Waals surface area (Å²) >= 11 is 0. The van der Waals surface area contributed by atoms with Gasteiger partial charge in [0.1, 0.15) is 11.9 Å². The lowest BCUT2D eigenvalue weighted by atomic mass is 10.0. The van der Waals surface area contributed by atoms with Crippen LogP contribution in [0.3, 0.4) is 0 Å². The van der Waals surface area contributed by atoms with E-state index in [0.717, 1.165) is 5.56 Å². The molecule has 0 saturated heterocycles. The first kappa shape index (κ1) is 14.6. The molecule has 1 aliphatic rings. The van der Waals surface area contributed by atoms with E-state index in [1.54, 1.807) is 10.6 Å². The van der Waals surface area contributed by atoms with Crippen LogP contribution >= 0.6 is 0 Å². The highest BCUT2D eigenvalue weighted by molar-refractivity contribution is 5.84. The van der Waals surface area contributed by atoms with E-state index in [1.807, 2.05) is 55.5 Å². The minimum Gasteiger partial charge on any atom is -0.345 e. The number of nitrogens with zero attached hydrogens (tertiary/aromatic N) is 2. The van der Waals surface area contributed by atoms with Crippen molar-refractivity contribution in [3.63, 3.8) is 0 Å². The van der Waals surface area contributed by atoms with Gasteiger partial charge in [0.15, 0.2) is 0 Å². The SMILES string of the molecule is C[C@H]1NC(=O)[C@H](Cc2ccccc2)n2c1nc1ccccc1c2=O. The number of para-hydroxylation sites is 1. The van der Waals surface area contributed by atoms with Crippen molar-refractivity contribution in [2.24, 2.45) is 0 Å². The molecule has 5 nitrogen and oxygen atoms in total. The number of aromatic nitrogens is 2. The molecule has 24 heavy (non-hydrogen) atoms. The van der Waals surface area contributed by atoms with Gasteiger partial charge in [-0.05, 0) is 24.6 Å². The van der Waals surface area contributed by atoms with Gasteiger partial charge in [-0.15, -0.1) is 0 Å². The van der Waals surface area contributed by atoms with Gasteiger partial charge in [0.05, 0.1) is 16.9 Å². The van der Waals surface area contributed by atoms with Crippen molar-refractivity contribution in [1.29, 1.82) is 0 Å². The predicted octanol–water partition coefficient (Wildman–Crippen LogP) is 2.37. The Morgan fingerprint density at radius 2 is 1.75 bits per heavy atom. The zero-order chi connectivity index (χ0) is 16.7. The molecule has 0 bridgehead atoms. The van der Waals surface area contributed by atoms with Crippen LogP contribution in [0.25, 0.3) is 10.9 Å². The largest absolute Gasteiger partial charge is 0.345 e. The first-order valence-corrected chi connectivity index (χ1v) is 8.00. The lowest BCUT2D eigenvalue weighted by Crippen LogP contribution is -2.47. The number of carbonyl (C=O) groups excluding carboxylic acids is 1. The summed E-state index contributed by atoms with van der Waals surface area (Å²) < 4.78 is 1.57. The molecule has 0 spiro atoms. The van der Waals surface area contributed by atoms with Crippen LogP contribution in [0.2, 0.25) is 0 Å². The molecular weight excluding hydrogens is 302 g/mol. The summed E-state index contributed by atoms with van der Waals surface area (Å²) in [5, 5.41) is 3.48. The van der Waals surface area contributed by atoms with Gasteiger partial charge in [-0.2, -0.15) is 0 Å². The minimum absolute atomic E-state index is 0.141. The second kappa shape index (κ2) is 5.60. The maximum atomic E-state index is 13.0. The summed E-state index contributed by atoms with van der Waals surface area (Å²) in [7, 11) is 0. The Morgan fingerprint density at radius 1 is 1.04 bits per heavy atom. The highest BCUT2D eigenvalue weighted by Gasteiger charge is 2.33. The second-order valence-corrected chi connectivity index (χ2v) is 6.10. The van der Waals surface area contributed by atoms with Crippen LogP contribution in [-0.2, 0) is 11.2 Å². The summed E-state index contributed by atoms with van der Waals surface area (Å²) in [6.07, 6.45) is 0.465. The number of hydrogen-bond donors (Lipinski definition) is 1. The van der Waals surface area contributed by atoms with Crippen molar-refractivity contribution in [2.75, 3.05) is 0 Å². The third-order valence-electron chi connectivity index (χ3n) is 4.47. The maximum Gasteiger partial charge on any atom is 0.262 e. The number of fused-ring (bicyclic) bond motifs is 2. The van der Waals surface area contributed by atoms with Gasteiger partial charge in [-0.3, -0.25) is 14.2 Å². The van der Waals surface area contributed by atoms with Crippen LogP contribution in [0.15, 0.2) is 59.4 Å². The van der Waals surface area contributed by atoms with E-state index >= 15 is 0 Å². The topological polar surface area (TPSA) is 64.0 Å². The van der Waals surface area contributed by atoms with Crippen LogP contribution in [0.5, 0.6) is 0 Å². The molecule has 0 fully saturated rings. The van der Waals surface area contributed by atoms with E-state index in [-0.39, 0.29) is 17.5 Å². The van der Waals surface area contributed by atoms with E-state index in [0.29, 0.717) is 23.1 Å². The van der Waals surface area contributed by atoms with E-state index < -0.39 is 6.04 Å². The molecule has 1 N–H and O–H groups in total. The fourth-order valence-electron chi connectivity index (χ4n) is 3.28. The third kappa shape index (κ3) is 2.29. The highest BCUT2D eigenvalue weighted by Crippen LogP contribution is 2.25. The van der Waals surface area contributed by atoms with E-state index in [9.17, 15) is 9.59 Å². The molecule has 120 valence electrons. The molecule has 2 atom stereocenters. The molecule has 1 aliphatic heterocycles. The first-order valence-electron chi connectivity index (χ1n) is 8.00. The molecule has 0 aliphatic carbocycles. The van der Waals surface area contributed by atoms with Crippen LogP contribution in [-0.4, -0.2) is 15.5 Å². The quantitative estimate of drug-likeness (QED) is 0.789. The van der Waals surface area contributed by atoms with Crippen molar-refractivity contribution in [3.8, 4) is 0 Å². The smallest absolute Gasteiger partial charge is 0.262 e. The molecule has 1 amide bonds. The van der Waals surface area contributed by atoms with Gasteiger partial charge in [-0.25, -0.2) is 4.98 Å². The predicted molar refractivity (Wildman–Crippen MR) is 91.7 cm³/mol. The number of amides is 1. The van der Waals surface area contributed by atoms with Crippen LogP contribution in [0.4, 0.5) is 0 Å². The zero-order valence-electron chi connectivity index (χ0n) is 13.3. The summed E-state index contributed by atoms with van der Waals surface area (Å²) in [6, 6.07) is 16.1. The summed E-state index contributed by atoms with van der Waals surface area (Å²) in [5.41, 5.74) is 1.52. The van der Waals surface area contributed by atoms with Crippen molar-refractivity contribution >= 4 is 16.8 Å². The van der Waals surface area contributed by atoms with Crippen molar-refractivity contribution in [1.82, 2.24) is 14.9 Å². The Morgan fingerprint density at radius 3 is 2.54 bits per heavy atom. The Bertz CT molecular complexity index is 979. The first-order chi connectivity index (χ1) is 11.6. The Hall–Kier alpha value is -2.95. The summed E-state index contributed by atoms with van der Waals surface area (Å²) in [6.45, 7) is 1.85. The lowest BCUT2D eigenvalue weighted by molar-refractivity contribution is -0.126. The van der Waals surface area contributed by atoms with Gasteiger partial charge < -0.3 is 5.32 Å². The molecule has 0 radical (unpaired) electrons. The molecule has 5 heteroatoms. The Kier molecular flexibility index (Phi) is 3.41. The van der Waals surface area contributed by atoms with Gasteiger partial charge in [-0.1, -0.05) is 42.5 Å². The van der Waals surface area contributed by atoms with Gasteiger partial charge in [0.25, 0.3) is 5.56 Å². The molecule has 3 aromatic rings. The molecule has 1 aromatic heterocycles. The Labute approximate surface area is 139 Å². The zero-order valence-corrected chi connectivity index (χ0v) is 13.3. The van der Waals surface area contributed by atoms with Crippen LogP contribution < -0.4 is 10.9 Å². The monoisotopic (exact) mass is 319 g/mol.